The normalized spacial score (nSPS) is 36.6. The van der Waals surface area contributed by atoms with Crippen LogP contribution >= 0.6 is 12.2 Å². The summed E-state index contributed by atoms with van der Waals surface area (Å²) < 4.78 is 0. The van der Waals surface area contributed by atoms with E-state index in [4.69, 9.17) is 12.2 Å². The van der Waals surface area contributed by atoms with Crippen LogP contribution in [0.4, 0.5) is 0 Å². The molecule has 4 heteroatoms. The molecule has 1 aliphatic heterocycles. The predicted molar refractivity (Wildman–Crippen MR) is 115 cm³/mol. The Balaban J connectivity index is 1.15. The first-order valence-electron chi connectivity index (χ1n) is 11.0. The molecular weight excluding hydrogens is 350 g/mol. The van der Waals surface area contributed by atoms with Crippen LogP contribution in [0, 0.1) is 23.7 Å². The van der Waals surface area contributed by atoms with E-state index < -0.39 is 0 Å². The van der Waals surface area contributed by atoms with Crippen molar-refractivity contribution in [1.82, 2.24) is 15.1 Å². The average molecular weight is 384 g/mol. The molecule has 1 unspecified atom stereocenters. The summed E-state index contributed by atoms with van der Waals surface area (Å²) in [4.78, 5) is 5.23. The Hall–Kier alpha value is -1.13. The molecule has 4 saturated carbocycles. The van der Waals surface area contributed by atoms with Gasteiger partial charge in [-0.3, -0.25) is 4.90 Å². The molecule has 0 aromatic heterocycles. The van der Waals surface area contributed by atoms with Gasteiger partial charge in [-0.05, 0) is 80.5 Å². The standard InChI is InChI=1S/C23H33N3S/c1-16(19-5-3-2-4-6-19)24-23(27)26-9-7-25(8-10-26)22-20-12-17-11-18(14-20)15-21(22)13-17/h2-6,16-18,20-22H,7-15H2,1H3,(H,24,27). The van der Waals surface area contributed by atoms with Gasteiger partial charge in [0, 0.05) is 32.2 Å². The summed E-state index contributed by atoms with van der Waals surface area (Å²) >= 11 is 5.74. The minimum atomic E-state index is 0.265. The molecule has 1 saturated heterocycles. The van der Waals surface area contributed by atoms with Gasteiger partial charge in [0.25, 0.3) is 0 Å². The molecule has 0 spiro atoms. The van der Waals surface area contributed by atoms with E-state index in [1.807, 2.05) is 0 Å². The molecule has 4 aliphatic carbocycles. The van der Waals surface area contributed by atoms with Gasteiger partial charge >= 0.3 is 0 Å². The molecule has 5 fully saturated rings. The van der Waals surface area contributed by atoms with Gasteiger partial charge in [-0.15, -0.1) is 0 Å². The molecule has 1 atom stereocenters. The van der Waals surface area contributed by atoms with E-state index in [1.54, 1.807) is 6.42 Å². The lowest BCUT2D eigenvalue weighted by atomic mass is 9.54. The maximum absolute atomic E-state index is 5.74. The number of nitrogens with zero attached hydrogens (tertiary/aromatic N) is 2. The number of benzene rings is 1. The van der Waals surface area contributed by atoms with Crippen molar-refractivity contribution >= 4 is 17.3 Å². The zero-order valence-electron chi connectivity index (χ0n) is 16.5. The fourth-order valence-electron chi connectivity index (χ4n) is 6.82. The van der Waals surface area contributed by atoms with Gasteiger partial charge in [-0.1, -0.05) is 30.3 Å². The molecule has 1 aromatic carbocycles. The SMILES string of the molecule is CC(NC(=S)N1CCN(C2C3CC4CC(C3)CC2C4)CC1)c1ccccc1. The van der Waals surface area contributed by atoms with Crippen LogP contribution in [0.15, 0.2) is 30.3 Å². The minimum absolute atomic E-state index is 0.265. The number of nitrogens with one attached hydrogen (secondary N) is 1. The maximum atomic E-state index is 5.74. The first-order chi connectivity index (χ1) is 13.2. The molecule has 0 radical (unpaired) electrons. The van der Waals surface area contributed by atoms with Crippen LogP contribution in [0.5, 0.6) is 0 Å². The van der Waals surface area contributed by atoms with E-state index in [0.29, 0.717) is 0 Å². The zero-order valence-corrected chi connectivity index (χ0v) is 17.3. The lowest BCUT2D eigenvalue weighted by molar-refractivity contribution is -0.0727. The highest BCUT2D eigenvalue weighted by Crippen LogP contribution is 2.55. The van der Waals surface area contributed by atoms with Crippen molar-refractivity contribution in [3.8, 4) is 0 Å². The second kappa shape index (κ2) is 7.36. The van der Waals surface area contributed by atoms with Gasteiger partial charge in [0.2, 0.25) is 0 Å². The summed E-state index contributed by atoms with van der Waals surface area (Å²) in [5.74, 6) is 4.13. The van der Waals surface area contributed by atoms with E-state index in [-0.39, 0.29) is 6.04 Å². The number of thiocarbonyl (C=S) groups is 1. The summed E-state index contributed by atoms with van der Waals surface area (Å²) in [5.41, 5.74) is 1.30. The van der Waals surface area contributed by atoms with Crippen LogP contribution in [0.2, 0.25) is 0 Å². The molecule has 1 N–H and O–H groups in total. The molecule has 5 aliphatic rings. The van der Waals surface area contributed by atoms with Gasteiger partial charge in [0.15, 0.2) is 5.11 Å². The third kappa shape index (κ3) is 3.51. The Morgan fingerprint density at radius 1 is 0.926 bits per heavy atom. The fraction of sp³-hybridized carbons (Fsp3) is 0.696. The lowest BCUT2D eigenvalue weighted by Gasteiger charge is -2.58. The van der Waals surface area contributed by atoms with Crippen LogP contribution in [0.1, 0.15) is 50.6 Å². The summed E-state index contributed by atoms with van der Waals surface area (Å²) in [5, 5.41) is 4.48. The molecule has 0 amide bonds. The number of hydrogen-bond donors (Lipinski definition) is 1. The molecule has 1 aromatic rings. The van der Waals surface area contributed by atoms with Crippen molar-refractivity contribution in [1.29, 1.82) is 0 Å². The highest BCUT2D eigenvalue weighted by molar-refractivity contribution is 7.80. The van der Waals surface area contributed by atoms with Crippen molar-refractivity contribution in [2.75, 3.05) is 26.2 Å². The third-order valence-electron chi connectivity index (χ3n) is 7.84. The van der Waals surface area contributed by atoms with Crippen molar-refractivity contribution < 1.29 is 0 Å². The monoisotopic (exact) mass is 383 g/mol. The molecule has 6 rings (SSSR count). The number of rotatable bonds is 3. The second-order valence-electron chi connectivity index (χ2n) is 9.53. The van der Waals surface area contributed by atoms with E-state index in [1.165, 1.54) is 44.3 Å². The topological polar surface area (TPSA) is 18.5 Å². The highest BCUT2D eigenvalue weighted by Gasteiger charge is 2.50. The Bertz CT molecular complexity index is 639. The van der Waals surface area contributed by atoms with Gasteiger partial charge in [-0.2, -0.15) is 0 Å². The van der Waals surface area contributed by atoms with Crippen LogP contribution < -0.4 is 5.32 Å². The van der Waals surface area contributed by atoms with Crippen LogP contribution in [0.3, 0.4) is 0 Å². The summed E-state index contributed by atoms with van der Waals surface area (Å²) in [6.45, 7) is 6.74. The average Bonchev–Trinajstić information content (AvgIpc) is 2.68. The number of piperazine rings is 1. The van der Waals surface area contributed by atoms with E-state index >= 15 is 0 Å². The van der Waals surface area contributed by atoms with Crippen molar-refractivity contribution in [3.05, 3.63) is 35.9 Å². The molecule has 4 bridgehead atoms. The van der Waals surface area contributed by atoms with Gasteiger partial charge in [0.1, 0.15) is 0 Å². The fourth-order valence-corrected chi connectivity index (χ4v) is 7.18. The van der Waals surface area contributed by atoms with Crippen molar-refractivity contribution in [2.45, 2.75) is 51.1 Å². The Labute approximate surface area is 169 Å². The minimum Gasteiger partial charge on any atom is -0.356 e. The largest absolute Gasteiger partial charge is 0.356 e. The Morgan fingerprint density at radius 3 is 2.11 bits per heavy atom. The van der Waals surface area contributed by atoms with Gasteiger partial charge < -0.3 is 10.2 Å². The van der Waals surface area contributed by atoms with Crippen LogP contribution in [-0.4, -0.2) is 47.1 Å². The predicted octanol–water partition coefficient (Wildman–Crippen LogP) is 4.06. The van der Waals surface area contributed by atoms with Gasteiger partial charge in [-0.25, -0.2) is 0 Å². The smallest absolute Gasteiger partial charge is 0.169 e. The first-order valence-corrected chi connectivity index (χ1v) is 11.4. The molecule has 146 valence electrons. The summed E-state index contributed by atoms with van der Waals surface area (Å²) in [6, 6.07) is 11.7. The van der Waals surface area contributed by atoms with Crippen molar-refractivity contribution in [3.63, 3.8) is 0 Å². The zero-order chi connectivity index (χ0) is 18.4. The molecule has 27 heavy (non-hydrogen) atoms. The summed E-state index contributed by atoms with van der Waals surface area (Å²) in [6.07, 6.45) is 7.63. The van der Waals surface area contributed by atoms with E-state index in [0.717, 1.165) is 47.9 Å². The highest BCUT2D eigenvalue weighted by atomic mass is 32.1. The third-order valence-corrected chi connectivity index (χ3v) is 8.22. The maximum Gasteiger partial charge on any atom is 0.169 e. The second-order valence-corrected chi connectivity index (χ2v) is 9.91. The van der Waals surface area contributed by atoms with Crippen LogP contribution in [-0.2, 0) is 0 Å². The molecular formula is C23H33N3S. The lowest BCUT2D eigenvalue weighted by Crippen LogP contribution is -2.61. The van der Waals surface area contributed by atoms with E-state index in [9.17, 15) is 0 Å². The first kappa shape index (κ1) is 17.9. The summed E-state index contributed by atoms with van der Waals surface area (Å²) in [7, 11) is 0. The quantitative estimate of drug-likeness (QED) is 0.793. The number of hydrogen-bond acceptors (Lipinski definition) is 2. The van der Waals surface area contributed by atoms with Gasteiger partial charge in [0.05, 0.1) is 6.04 Å². The van der Waals surface area contributed by atoms with Crippen LogP contribution in [0.25, 0.3) is 0 Å². The van der Waals surface area contributed by atoms with E-state index in [2.05, 4.69) is 52.4 Å². The van der Waals surface area contributed by atoms with Crippen molar-refractivity contribution in [2.24, 2.45) is 23.7 Å². The molecule has 1 heterocycles. The Kier molecular flexibility index (Phi) is 4.89. The Morgan fingerprint density at radius 2 is 1.52 bits per heavy atom. The molecule has 3 nitrogen and oxygen atoms in total.